The van der Waals surface area contributed by atoms with Crippen molar-refractivity contribution in [1.29, 1.82) is 0 Å². The van der Waals surface area contributed by atoms with Crippen molar-refractivity contribution >= 4 is 29.1 Å². The number of carbonyl (C=O) groups excluding carboxylic acids is 1. The maximum Gasteiger partial charge on any atom is 0.416 e. The summed E-state index contributed by atoms with van der Waals surface area (Å²) in [5.41, 5.74) is 0.883. The van der Waals surface area contributed by atoms with Gasteiger partial charge in [0.2, 0.25) is 0 Å². The van der Waals surface area contributed by atoms with E-state index in [-0.39, 0.29) is 11.9 Å². The van der Waals surface area contributed by atoms with Crippen LogP contribution in [0.2, 0.25) is 0 Å². The molecule has 1 aromatic heterocycles. The summed E-state index contributed by atoms with van der Waals surface area (Å²) in [5, 5.41) is 0.708. The highest BCUT2D eigenvalue weighted by Gasteiger charge is 2.31. The quantitative estimate of drug-likeness (QED) is 0.237. The van der Waals surface area contributed by atoms with E-state index in [4.69, 9.17) is 4.74 Å². The van der Waals surface area contributed by atoms with Crippen LogP contribution < -0.4 is 4.74 Å². The molecular weight excluding hydrogens is 431 g/mol. The van der Waals surface area contributed by atoms with E-state index in [1.54, 1.807) is 23.9 Å². The first kappa shape index (κ1) is 20.9. The smallest absolute Gasteiger partial charge is 0.416 e. The third kappa shape index (κ3) is 5.05. The van der Waals surface area contributed by atoms with E-state index >= 15 is 0 Å². The maximum atomic E-state index is 12.7. The van der Waals surface area contributed by atoms with Crippen LogP contribution >= 0.6 is 23.1 Å². The second kappa shape index (κ2) is 8.43. The molecule has 0 radical (unpaired) electrons. The van der Waals surface area contributed by atoms with Gasteiger partial charge in [0.05, 0.1) is 17.2 Å². The van der Waals surface area contributed by atoms with Crippen molar-refractivity contribution in [3.8, 4) is 16.3 Å². The summed E-state index contributed by atoms with van der Waals surface area (Å²) in [4.78, 5) is 18.3. The molecule has 1 heterocycles. The minimum absolute atomic E-state index is 0.0622. The maximum absolute atomic E-state index is 12.7. The van der Waals surface area contributed by atoms with Crippen LogP contribution in [0, 0.1) is 12.8 Å². The molecule has 0 saturated heterocycles. The van der Waals surface area contributed by atoms with E-state index in [0.717, 1.165) is 40.4 Å². The van der Waals surface area contributed by atoms with Crippen LogP contribution in [0.25, 0.3) is 10.6 Å². The van der Waals surface area contributed by atoms with E-state index in [0.29, 0.717) is 22.1 Å². The average molecular weight is 450 g/mol. The van der Waals surface area contributed by atoms with Gasteiger partial charge in [-0.25, -0.2) is 4.98 Å². The van der Waals surface area contributed by atoms with Gasteiger partial charge in [0.1, 0.15) is 10.8 Å². The third-order valence-corrected chi connectivity index (χ3v) is 7.10. The van der Waals surface area contributed by atoms with Crippen molar-refractivity contribution in [3.63, 3.8) is 0 Å². The van der Waals surface area contributed by atoms with Crippen molar-refractivity contribution in [3.05, 3.63) is 64.7 Å². The van der Waals surface area contributed by atoms with E-state index in [1.165, 1.54) is 23.5 Å². The molecule has 1 aliphatic rings. The molecule has 0 unspecified atom stereocenters. The lowest BCUT2D eigenvalue weighted by Gasteiger charge is -2.06. The topological polar surface area (TPSA) is 39.2 Å². The number of thioether (sulfide) groups is 1. The number of nitrogens with zero attached hydrogens (tertiary/aromatic N) is 1. The van der Waals surface area contributed by atoms with E-state index < -0.39 is 11.7 Å². The Labute approximate surface area is 180 Å². The van der Waals surface area contributed by atoms with E-state index in [9.17, 15) is 18.0 Å². The Morgan fingerprint density at radius 3 is 2.40 bits per heavy atom. The Bertz CT molecular complexity index is 1040. The summed E-state index contributed by atoms with van der Waals surface area (Å²) in [6, 6.07) is 12.5. The van der Waals surface area contributed by atoms with Crippen LogP contribution in [-0.2, 0) is 16.7 Å². The van der Waals surface area contributed by atoms with Gasteiger partial charge in [-0.05, 0) is 56.2 Å². The molecule has 4 rings (SSSR count). The highest BCUT2D eigenvalue weighted by Crippen LogP contribution is 2.35. The predicted molar refractivity (Wildman–Crippen MR) is 112 cm³/mol. The van der Waals surface area contributed by atoms with Crippen LogP contribution in [0.1, 0.15) is 29.0 Å². The molecule has 0 aliphatic heterocycles. The van der Waals surface area contributed by atoms with Crippen LogP contribution in [0.15, 0.2) is 53.4 Å². The standard InChI is InChI=1S/C22H18F3NO2S2/c1-13-19(30-20(26-13)14-4-6-16(7-5-14)22(23,24)25)12-29-18-10-8-17(9-11-18)28-21(27)15-2-3-15/h4-11,15H,2-3,12H2,1H3. The van der Waals surface area contributed by atoms with Crippen molar-refractivity contribution in [2.24, 2.45) is 5.92 Å². The average Bonchev–Trinajstić information content (AvgIpc) is 3.50. The summed E-state index contributed by atoms with van der Waals surface area (Å²) in [5.74, 6) is 1.15. The fourth-order valence-electron chi connectivity index (χ4n) is 2.76. The van der Waals surface area contributed by atoms with Gasteiger partial charge >= 0.3 is 12.1 Å². The first-order valence-electron chi connectivity index (χ1n) is 9.38. The molecule has 0 atom stereocenters. The fourth-order valence-corrected chi connectivity index (χ4v) is 4.87. The number of aromatic nitrogens is 1. The second-order valence-electron chi connectivity index (χ2n) is 7.06. The van der Waals surface area contributed by atoms with Gasteiger partial charge in [0.25, 0.3) is 0 Å². The predicted octanol–water partition coefficient (Wildman–Crippen LogP) is 6.75. The molecule has 0 N–H and O–H groups in total. The second-order valence-corrected chi connectivity index (χ2v) is 9.19. The highest BCUT2D eigenvalue weighted by molar-refractivity contribution is 7.98. The first-order chi connectivity index (χ1) is 14.3. The Balaban J connectivity index is 1.38. The molecule has 1 aliphatic carbocycles. The van der Waals surface area contributed by atoms with Gasteiger partial charge in [-0.3, -0.25) is 4.79 Å². The zero-order valence-corrected chi connectivity index (χ0v) is 17.7. The number of alkyl halides is 3. The van der Waals surface area contributed by atoms with Crippen LogP contribution in [0.3, 0.4) is 0 Å². The number of benzene rings is 2. The normalized spacial score (nSPS) is 14.0. The number of rotatable bonds is 6. The number of carbonyl (C=O) groups is 1. The van der Waals surface area contributed by atoms with Crippen LogP contribution in [-0.4, -0.2) is 11.0 Å². The summed E-state index contributed by atoms with van der Waals surface area (Å²) < 4.78 is 43.5. The fraction of sp³-hybridized carbons (Fsp3) is 0.273. The Kier molecular flexibility index (Phi) is 5.88. The van der Waals surface area contributed by atoms with Gasteiger partial charge < -0.3 is 4.74 Å². The Morgan fingerprint density at radius 2 is 1.80 bits per heavy atom. The van der Waals surface area contributed by atoms with Crippen molar-refractivity contribution in [2.75, 3.05) is 0 Å². The highest BCUT2D eigenvalue weighted by atomic mass is 32.2. The zero-order chi connectivity index (χ0) is 21.3. The van der Waals surface area contributed by atoms with Crippen molar-refractivity contribution < 1.29 is 22.7 Å². The first-order valence-corrected chi connectivity index (χ1v) is 11.2. The summed E-state index contributed by atoms with van der Waals surface area (Å²) in [6.07, 6.45) is -2.52. The number of thiazole rings is 1. The molecule has 1 saturated carbocycles. The molecule has 3 nitrogen and oxygen atoms in total. The van der Waals surface area contributed by atoms with E-state index in [2.05, 4.69) is 4.98 Å². The molecular formula is C22H18F3NO2S2. The molecule has 0 amide bonds. The minimum atomic E-state index is -4.34. The largest absolute Gasteiger partial charge is 0.426 e. The lowest BCUT2D eigenvalue weighted by molar-refractivity contribution is -0.137. The summed E-state index contributed by atoms with van der Waals surface area (Å²) in [6.45, 7) is 1.90. The number of hydrogen-bond acceptors (Lipinski definition) is 5. The van der Waals surface area contributed by atoms with Gasteiger partial charge in [0.15, 0.2) is 0 Å². The monoisotopic (exact) mass is 449 g/mol. The van der Waals surface area contributed by atoms with Crippen LogP contribution in [0.5, 0.6) is 5.75 Å². The van der Waals surface area contributed by atoms with Crippen LogP contribution in [0.4, 0.5) is 13.2 Å². The Hall–Kier alpha value is -2.32. The number of aryl methyl sites for hydroxylation is 1. The number of esters is 1. The third-order valence-electron chi connectivity index (χ3n) is 4.67. The number of halogens is 3. The molecule has 156 valence electrons. The molecule has 8 heteroatoms. The SMILES string of the molecule is Cc1nc(-c2ccc(C(F)(F)F)cc2)sc1CSc1ccc(OC(=O)C2CC2)cc1. The molecule has 30 heavy (non-hydrogen) atoms. The number of ether oxygens (including phenoxy) is 1. The molecule has 1 fully saturated rings. The lowest BCUT2D eigenvalue weighted by Crippen LogP contribution is -2.09. The molecule has 0 spiro atoms. The lowest BCUT2D eigenvalue weighted by atomic mass is 10.1. The summed E-state index contributed by atoms with van der Waals surface area (Å²) in [7, 11) is 0. The van der Waals surface area contributed by atoms with Gasteiger partial charge in [-0.1, -0.05) is 12.1 Å². The zero-order valence-electron chi connectivity index (χ0n) is 16.0. The molecule has 2 aromatic carbocycles. The minimum Gasteiger partial charge on any atom is -0.426 e. The molecule has 0 bridgehead atoms. The van der Waals surface area contributed by atoms with Gasteiger partial charge in [0, 0.05) is 21.1 Å². The van der Waals surface area contributed by atoms with E-state index in [1.807, 2.05) is 19.1 Å². The van der Waals surface area contributed by atoms with Gasteiger partial charge in [-0.2, -0.15) is 13.2 Å². The number of hydrogen-bond donors (Lipinski definition) is 0. The van der Waals surface area contributed by atoms with Crippen molar-refractivity contribution in [1.82, 2.24) is 4.98 Å². The Morgan fingerprint density at radius 1 is 1.13 bits per heavy atom. The molecule has 3 aromatic rings. The van der Waals surface area contributed by atoms with Gasteiger partial charge in [-0.15, -0.1) is 23.1 Å². The summed E-state index contributed by atoms with van der Waals surface area (Å²) >= 11 is 3.11. The van der Waals surface area contributed by atoms with Crippen molar-refractivity contribution in [2.45, 2.75) is 36.6 Å².